The summed E-state index contributed by atoms with van der Waals surface area (Å²) >= 11 is 3.74. The maximum Gasteiger partial charge on any atom is 0.640 e. The van der Waals surface area contributed by atoms with Crippen molar-refractivity contribution in [1.29, 1.82) is 0 Å². The Morgan fingerprint density at radius 2 is 1.08 bits per heavy atom. The van der Waals surface area contributed by atoms with Gasteiger partial charge >= 0.3 is 14.4 Å². The van der Waals surface area contributed by atoms with Gasteiger partial charge in [0.05, 0.1) is 22.4 Å². The second kappa shape index (κ2) is 21.0. The first-order valence-corrected chi connectivity index (χ1v) is 20.7. The number of thiophene rings is 2. The van der Waals surface area contributed by atoms with Crippen LogP contribution < -0.4 is 4.78 Å². The van der Waals surface area contributed by atoms with E-state index in [0.717, 1.165) is 0 Å². The summed E-state index contributed by atoms with van der Waals surface area (Å²) in [5.41, 5.74) is -1.10. The Balaban J connectivity index is 0.000000386. The Kier molecular flexibility index (Phi) is 19.0. The van der Waals surface area contributed by atoms with Crippen molar-refractivity contribution in [2.45, 2.75) is 201 Å². The molecule has 0 radical (unpaired) electrons. The fraction of sp³-hybridized carbons (Fsp3) is 0.795. The van der Waals surface area contributed by atoms with E-state index in [4.69, 9.17) is 23.3 Å². The van der Waals surface area contributed by atoms with Crippen LogP contribution in [0, 0.1) is 0 Å². The van der Waals surface area contributed by atoms with Crippen LogP contribution >= 0.6 is 22.7 Å². The molecule has 276 valence electrons. The molecule has 4 rings (SSSR count). The van der Waals surface area contributed by atoms with Gasteiger partial charge in [-0.15, -0.1) is 22.7 Å². The van der Waals surface area contributed by atoms with Crippen LogP contribution in [0.15, 0.2) is 29.6 Å². The van der Waals surface area contributed by atoms with Gasteiger partial charge in [0.25, 0.3) is 0 Å². The van der Waals surface area contributed by atoms with Crippen molar-refractivity contribution in [3.05, 3.63) is 39.4 Å². The monoisotopic (exact) mass is 708 g/mol. The maximum absolute atomic E-state index is 6.12. The molecule has 48 heavy (non-hydrogen) atoms. The summed E-state index contributed by atoms with van der Waals surface area (Å²) in [5, 5.41) is 2.17. The van der Waals surface area contributed by atoms with E-state index >= 15 is 0 Å². The van der Waals surface area contributed by atoms with Crippen LogP contribution in [0.4, 0.5) is 0 Å². The van der Waals surface area contributed by atoms with E-state index in [1.54, 1.807) is 4.88 Å². The van der Waals surface area contributed by atoms with Crippen LogP contribution in [0.5, 0.6) is 0 Å². The Morgan fingerprint density at radius 1 is 0.625 bits per heavy atom. The number of aryl methyl sites for hydroxylation is 2. The van der Waals surface area contributed by atoms with E-state index in [2.05, 4.69) is 71.2 Å². The molecule has 0 bridgehead atoms. The molecular formula is C39H72B2O5S2. The predicted molar refractivity (Wildman–Crippen MR) is 213 cm³/mol. The fourth-order valence-corrected chi connectivity index (χ4v) is 7.06. The summed E-state index contributed by atoms with van der Waals surface area (Å²) in [6, 6.07) is 8.82. The minimum atomic E-state index is -0.523. The molecule has 2 aliphatic rings. The lowest BCUT2D eigenvalue weighted by Gasteiger charge is -2.32. The van der Waals surface area contributed by atoms with E-state index in [1.807, 2.05) is 64.2 Å². The standard InChI is InChI=1S/C18H31BO2S.C12H20S.C9H19BO3.H2/c1-6-7-8-9-10-11-12-15-13-14-16(22-15)19-20-17(2,3)18(4,5)21-19;1-2-3-4-5-6-7-9-12-10-8-11-13-12;1-7(2)11-10-12-8(3,4)9(5,6)13-10;/h13-14H,6-12H2,1-5H3;8,10-11H,2-7,9H2,1H3;7H,1-6H3;1H/i;;;1+1. The van der Waals surface area contributed by atoms with E-state index in [0.29, 0.717) is 0 Å². The molecule has 0 aliphatic carbocycles. The minimum Gasteiger partial charge on any atom is -0.399 e. The first-order chi connectivity index (χ1) is 22.5. The lowest BCUT2D eigenvalue weighted by atomic mass is 9.88. The smallest absolute Gasteiger partial charge is 0.399 e. The maximum atomic E-state index is 6.12. The largest absolute Gasteiger partial charge is 0.640 e. The van der Waals surface area contributed by atoms with Crippen molar-refractivity contribution in [3.63, 3.8) is 0 Å². The van der Waals surface area contributed by atoms with Crippen molar-refractivity contribution >= 4 is 41.9 Å². The van der Waals surface area contributed by atoms with Gasteiger partial charge in [0.15, 0.2) is 0 Å². The van der Waals surface area contributed by atoms with Gasteiger partial charge in [0, 0.05) is 22.1 Å². The quantitative estimate of drug-likeness (QED) is 0.121. The zero-order valence-corrected chi connectivity index (χ0v) is 34.5. The molecule has 2 aromatic rings. The van der Waals surface area contributed by atoms with Gasteiger partial charge in [-0.2, -0.15) is 0 Å². The summed E-state index contributed by atoms with van der Waals surface area (Å²) in [6.45, 7) is 24.9. The van der Waals surface area contributed by atoms with E-state index < -0.39 is 7.32 Å². The molecule has 2 aromatic heterocycles. The average molecular weight is 708 g/mol. The molecule has 0 N–H and O–H groups in total. The zero-order chi connectivity index (χ0) is 35.8. The summed E-state index contributed by atoms with van der Waals surface area (Å²) in [7, 11) is -0.724. The molecule has 0 atom stereocenters. The molecule has 2 fully saturated rings. The third-order valence-corrected chi connectivity index (χ3v) is 12.0. The van der Waals surface area contributed by atoms with Crippen molar-refractivity contribution in [1.82, 2.24) is 0 Å². The van der Waals surface area contributed by atoms with Gasteiger partial charge in [-0.05, 0) is 112 Å². The molecule has 0 unspecified atom stereocenters. The molecule has 0 aromatic carbocycles. The lowest BCUT2D eigenvalue weighted by molar-refractivity contribution is 0.00578. The number of unbranched alkanes of at least 4 members (excludes halogenated alkanes) is 10. The number of rotatable bonds is 17. The van der Waals surface area contributed by atoms with Crippen LogP contribution in [-0.4, -0.2) is 42.9 Å². The van der Waals surface area contributed by atoms with Gasteiger partial charge in [-0.25, -0.2) is 0 Å². The van der Waals surface area contributed by atoms with E-state index in [-0.39, 0.29) is 37.1 Å². The second-order valence-electron chi connectivity index (χ2n) is 15.7. The molecule has 4 heterocycles. The van der Waals surface area contributed by atoms with Crippen molar-refractivity contribution < 1.29 is 24.7 Å². The molecule has 2 saturated heterocycles. The van der Waals surface area contributed by atoms with Crippen LogP contribution in [0.1, 0.15) is 171 Å². The molecule has 0 amide bonds. The van der Waals surface area contributed by atoms with Crippen molar-refractivity contribution in [3.8, 4) is 0 Å². The van der Waals surface area contributed by atoms with E-state index in [9.17, 15) is 0 Å². The molecule has 0 spiro atoms. The Morgan fingerprint density at radius 3 is 1.54 bits per heavy atom. The van der Waals surface area contributed by atoms with Gasteiger partial charge in [-0.3, -0.25) is 0 Å². The highest BCUT2D eigenvalue weighted by molar-refractivity contribution is 7.22. The Hall–Kier alpha value is -0.670. The van der Waals surface area contributed by atoms with Gasteiger partial charge < -0.3 is 23.3 Å². The molecular weight excluding hydrogens is 634 g/mol. The average Bonchev–Trinajstić information content (AvgIpc) is 3.75. The van der Waals surface area contributed by atoms with Crippen molar-refractivity contribution in [2.24, 2.45) is 0 Å². The summed E-state index contributed by atoms with van der Waals surface area (Å²) < 4.78 is 30.1. The molecule has 9 heteroatoms. The predicted octanol–water partition coefficient (Wildman–Crippen LogP) is 11.8. The number of hydrogen-bond acceptors (Lipinski definition) is 7. The van der Waals surface area contributed by atoms with Crippen LogP contribution in [0.25, 0.3) is 0 Å². The van der Waals surface area contributed by atoms with Gasteiger partial charge in [0.1, 0.15) is 0 Å². The Bertz CT molecular complexity index is 1090. The van der Waals surface area contributed by atoms with Crippen LogP contribution in [0.2, 0.25) is 0 Å². The third kappa shape index (κ3) is 14.9. The first kappa shape index (κ1) is 43.5. The molecule has 2 aliphatic heterocycles. The highest BCUT2D eigenvalue weighted by atomic mass is 32.1. The Labute approximate surface area is 306 Å². The minimum absolute atomic E-state index is 0. The van der Waals surface area contributed by atoms with Crippen LogP contribution in [-0.2, 0) is 36.1 Å². The van der Waals surface area contributed by atoms with E-state index in [1.165, 1.54) is 99.5 Å². The lowest BCUT2D eigenvalue weighted by Crippen LogP contribution is -2.41. The van der Waals surface area contributed by atoms with Crippen molar-refractivity contribution in [2.75, 3.05) is 0 Å². The summed E-state index contributed by atoms with van der Waals surface area (Å²) in [5.74, 6) is 0. The highest BCUT2D eigenvalue weighted by Gasteiger charge is 2.53. The first-order valence-electron chi connectivity index (χ1n) is 19.0. The summed E-state index contributed by atoms with van der Waals surface area (Å²) in [6.07, 6.45) is 19.1. The normalized spacial score (nSPS) is 18.9. The zero-order valence-electron chi connectivity index (χ0n) is 32.9. The van der Waals surface area contributed by atoms with Gasteiger partial charge in [-0.1, -0.05) is 90.2 Å². The van der Waals surface area contributed by atoms with Gasteiger partial charge in [0.2, 0.25) is 0 Å². The topological polar surface area (TPSA) is 46.2 Å². The third-order valence-electron chi connectivity index (χ3n) is 9.92. The summed E-state index contributed by atoms with van der Waals surface area (Å²) in [4.78, 5) is 3.01. The number of hydrogen-bond donors (Lipinski definition) is 0. The fourth-order valence-electron chi connectivity index (χ4n) is 5.30. The SMILES string of the molecule is CC(C)OB1OC(C)(C)C(C)(C)O1.CCCCCCCCc1ccc(B2OC(C)(C)C(C)(C)O2)s1.CCCCCCCCc1cccs1.[2HH]. The second-order valence-corrected chi connectivity index (χ2v) is 18.0. The molecule has 0 saturated carbocycles. The highest BCUT2D eigenvalue weighted by Crippen LogP contribution is 2.38. The van der Waals surface area contributed by atoms with Crippen LogP contribution in [0.3, 0.4) is 0 Å². The molecule has 5 nitrogen and oxygen atoms in total.